The summed E-state index contributed by atoms with van der Waals surface area (Å²) in [7, 11) is 0. The molecular formula is C9H7ClN4. The summed E-state index contributed by atoms with van der Waals surface area (Å²) in [5.41, 5.74) is 0.641. The van der Waals surface area contributed by atoms with Crippen LogP contribution in [0.15, 0.2) is 12.5 Å². The molecule has 1 aliphatic rings. The van der Waals surface area contributed by atoms with Crippen LogP contribution in [0.25, 0.3) is 11.0 Å². The SMILES string of the molecule is Clc1nc(C2CC2)nc2ncncc12. The summed E-state index contributed by atoms with van der Waals surface area (Å²) in [4.78, 5) is 16.5. The van der Waals surface area contributed by atoms with Crippen molar-refractivity contribution in [2.24, 2.45) is 0 Å². The Morgan fingerprint density at radius 3 is 2.93 bits per heavy atom. The first-order valence-electron chi connectivity index (χ1n) is 4.48. The van der Waals surface area contributed by atoms with Crippen molar-refractivity contribution in [1.82, 2.24) is 19.9 Å². The lowest BCUT2D eigenvalue weighted by molar-refractivity contribution is 0.937. The normalized spacial score (nSPS) is 16.1. The molecule has 14 heavy (non-hydrogen) atoms. The van der Waals surface area contributed by atoms with E-state index in [0.29, 0.717) is 16.7 Å². The molecule has 1 saturated carbocycles. The van der Waals surface area contributed by atoms with Gasteiger partial charge in [0.1, 0.15) is 17.3 Å². The summed E-state index contributed by atoms with van der Waals surface area (Å²) >= 11 is 6.00. The second kappa shape index (κ2) is 2.85. The Morgan fingerprint density at radius 1 is 1.29 bits per heavy atom. The van der Waals surface area contributed by atoms with Crippen LogP contribution in [0.4, 0.5) is 0 Å². The minimum atomic E-state index is 0.456. The topological polar surface area (TPSA) is 51.6 Å². The average molecular weight is 207 g/mol. The van der Waals surface area contributed by atoms with Crippen LogP contribution in [0, 0.1) is 0 Å². The molecule has 0 N–H and O–H groups in total. The van der Waals surface area contributed by atoms with Crippen LogP contribution < -0.4 is 0 Å². The molecule has 0 spiro atoms. The number of nitrogens with zero attached hydrogens (tertiary/aromatic N) is 4. The smallest absolute Gasteiger partial charge is 0.167 e. The highest BCUT2D eigenvalue weighted by Gasteiger charge is 2.27. The van der Waals surface area contributed by atoms with Crippen molar-refractivity contribution < 1.29 is 0 Å². The molecule has 0 aliphatic heterocycles. The van der Waals surface area contributed by atoms with Gasteiger partial charge in [0.15, 0.2) is 5.65 Å². The van der Waals surface area contributed by atoms with Gasteiger partial charge in [-0.05, 0) is 12.8 Å². The van der Waals surface area contributed by atoms with E-state index in [1.165, 1.54) is 6.33 Å². The number of hydrogen-bond donors (Lipinski definition) is 0. The van der Waals surface area contributed by atoms with Crippen LogP contribution in [0.2, 0.25) is 5.15 Å². The van der Waals surface area contributed by atoms with Gasteiger partial charge >= 0.3 is 0 Å². The van der Waals surface area contributed by atoms with E-state index >= 15 is 0 Å². The molecule has 70 valence electrons. The lowest BCUT2D eigenvalue weighted by atomic mass is 10.3. The fourth-order valence-electron chi connectivity index (χ4n) is 1.38. The van der Waals surface area contributed by atoms with E-state index < -0.39 is 0 Å². The van der Waals surface area contributed by atoms with E-state index in [9.17, 15) is 0 Å². The number of aromatic nitrogens is 4. The summed E-state index contributed by atoms with van der Waals surface area (Å²) < 4.78 is 0. The molecule has 0 saturated heterocycles. The predicted molar refractivity (Wildman–Crippen MR) is 52.1 cm³/mol. The Labute approximate surface area is 85.4 Å². The molecule has 0 atom stereocenters. The molecule has 3 rings (SSSR count). The number of halogens is 1. The van der Waals surface area contributed by atoms with Crippen LogP contribution in [-0.4, -0.2) is 19.9 Å². The molecule has 1 fully saturated rings. The van der Waals surface area contributed by atoms with Crippen LogP contribution >= 0.6 is 11.6 Å². The maximum Gasteiger partial charge on any atom is 0.167 e. The van der Waals surface area contributed by atoms with Crippen molar-refractivity contribution in [1.29, 1.82) is 0 Å². The van der Waals surface area contributed by atoms with E-state index in [0.717, 1.165) is 24.1 Å². The van der Waals surface area contributed by atoms with Crippen molar-refractivity contribution in [2.75, 3.05) is 0 Å². The fourth-order valence-corrected chi connectivity index (χ4v) is 1.60. The second-order valence-corrected chi connectivity index (χ2v) is 3.76. The van der Waals surface area contributed by atoms with Crippen molar-refractivity contribution in [3.63, 3.8) is 0 Å². The Kier molecular flexibility index (Phi) is 1.64. The molecule has 0 unspecified atom stereocenters. The van der Waals surface area contributed by atoms with Gasteiger partial charge in [-0.1, -0.05) is 11.6 Å². The third-order valence-corrected chi connectivity index (χ3v) is 2.58. The average Bonchev–Trinajstić information content (AvgIpc) is 3.01. The van der Waals surface area contributed by atoms with Gasteiger partial charge in [-0.3, -0.25) is 0 Å². The highest BCUT2D eigenvalue weighted by atomic mass is 35.5. The minimum Gasteiger partial charge on any atom is -0.244 e. The summed E-state index contributed by atoms with van der Waals surface area (Å²) in [5.74, 6) is 1.31. The van der Waals surface area contributed by atoms with Gasteiger partial charge in [0, 0.05) is 12.1 Å². The lowest BCUT2D eigenvalue weighted by Gasteiger charge is -2.00. The molecule has 0 aromatic carbocycles. The first-order chi connectivity index (χ1) is 6.84. The zero-order valence-corrected chi connectivity index (χ0v) is 8.07. The number of hydrogen-bond acceptors (Lipinski definition) is 4. The second-order valence-electron chi connectivity index (χ2n) is 3.41. The van der Waals surface area contributed by atoms with E-state index in [2.05, 4.69) is 19.9 Å². The quantitative estimate of drug-likeness (QED) is 0.670. The van der Waals surface area contributed by atoms with Crippen molar-refractivity contribution in [3.05, 3.63) is 23.5 Å². The van der Waals surface area contributed by atoms with E-state index in [4.69, 9.17) is 11.6 Å². The summed E-state index contributed by atoms with van der Waals surface area (Å²) in [5, 5.41) is 1.18. The Hall–Kier alpha value is -1.29. The zero-order chi connectivity index (χ0) is 9.54. The summed E-state index contributed by atoms with van der Waals surface area (Å²) in [6.45, 7) is 0. The largest absolute Gasteiger partial charge is 0.244 e. The van der Waals surface area contributed by atoms with Crippen molar-refractivity contribution in [3.8, 4) is 0 Å². The maximum atomic E-state index is 6.00. The van der Waals surface area contributed by atoms with Crippen LogP contribution in [0.1, 0.15) is 24.6 Å². The molecule has 2 aromatic rings. The molecule has 0 amide bonds. The summed E-state index contributed by atoms with van der Waals surface area (Å²) in [6.07, 6.45) is 5.43. The minimum absolute atomic E-state index is 0.456. The molecular weight excluding hydrogens is 200 g/mol. The Morgan fingerprint density at radius 2 is 2.14 bits per heavy atom. The van der Waals surface area contributed by atoms with Crippen LogP contribution in [0.5, 0.6) is 0 Å². The third kappa shape index (κ3) is 1.23. The zero-order valence-electron chi connectivity index (χ0n) is 7.31. The molecule has 5 heteroatoms. The molecule has 2 aromatic heterocycles. The third-order valence-electron chi connectivity index (χ3n) is 2.29. The summed E-state index contributed by atoms with van der Waals surface area (Å²) in [6, 6.07) is 0. The van der Waals surface area contributed by atoms with Gasteiger partial charge < -0.3 is 0 Å². The van der Waals surface area contributed by atoms with Crippen LogP contribution in [0.3, 0.4) is 0 Å². The predicted octanol–water partition coefficient (Wildman–Crippen LogP) is 1.95. The first kappa shape index (κ1) is 8.05. The lowest BCUT2D eigenvalue weighted by Crippen LogP contribution is -1.96. The van der Waals surface area contributed by atoms with Crippen molar-refractivity contribution >= 4 is 22.6 Å². The van der Waals surface area contributed by atoms with Gasteiger partial charge in [-0.15, -0.1) is 0 Å². The van der Waals surface area contributed by atoms with E-state index in [1.54, 1.807) is 6.20 Å². The fraction of sp³-hybridized carbons (Fsp3) is 0.333. The maximum absolute atomic E-state index is 6.00. The first-order valence-corrected chi connectivity index (χ1v) is 4.85. The highest BCUT2D eigenvalue weighted by molar-refractivity contribution is 6.33. The molecule has 1 aliphatic carbocycles. The molecule has 0 radical (unpaired) electrons. The van der Waals surface area contributed by atoms with Gasteiger partial charge in [-0.25, -0.2) is 19.9 Å². The molecule has 4 nitrogen and oxygen atoms in total. The van der Waals surface area contributed by atoms with Gasteiger partial charge in [0.05, 0.1) is 5.39 Å². The Bertz CT molecular complexity index is 495. The number of rotatable bonds is 1. The van der Waals surface area contributed by atoms with Gasteiger partial charge in [0.25, 0.3) is 0 Å². The molecule has 0 bridgehead atoms. The van der Waals surface area contributed by atoms with Gasteiger partial charge in [-0.2, -0.15) is 0 Å². The van der Waals surface area contributed by atoms with E-state index in [1.807, 2.05) is 0 Å². The molecule has 2 heterocycles. The highest BCUT2D eigenvalue weighted by Crippen LogP contribution is 2.38. The Balaban J connectivity index is 2.27. The standard InChI is InChI=1S/C9H7ClN4/c10-7-6-3-11-4-12-9(6)14-8(13-7)5-1-2-5/h3-5H,1-2H2. The van der Waals surface area contributed by atoms with Crippen molar-refractivity contribution in [2.45, 2.75) is 18.8 Å². The van der Waals surface area contributed by atoms with Gasteiger partial charge in [0.2, 0.25) is 0 Å². The number of fused-ring (bicyclic) bond motifs is 1. The van der Waals surface area contributed by atoms with E-state index in [-0.39, 0.29) is 0 Å². The van der Waals surface area contributed by atoms with Crippen LogP contribution in [-0.2, 0) is 0 Å². The monoisotopic (exact) mass is 206 g/mol.